The Morgan fingerprint density at radius 2 is 2.37 bits per heavy atom. The van der Waals surface area contributed by atoms with Crippen molar-refractivity contribution < 1.29 is 4.39 Å². The second-order valence-corrected chi connectivity index (χ2v) is 5.52. The molecule has 1 saturated heterocycles. The van der Waals surface area contributed by atoms with Crippen LogP contribution in [-0.4, -0.2) is 22.6 Å². The van der Waals surface area contributed by atoms with Gasteiger partial charge >= 0.3 is 0 Å². The summed E-state index contributed by atoms with van der Waals surface area (Å²) < 4.78 is 15.4. The van der Waals surface area contributed by atoms with Crippen molar-refractivity contribution in [2.24, 2.45) is 0 Å². The van der Waals surface area contributed by atoms with Crippen LogP contribution in [0.5, 0.6) is 0 Å². The van der Waals surface area contributed by atoms with Gasteiger partial charge in [-0.15, -0.1) is 0 Å². The van der Waals surface area contributed by atoms with Crippen molar-refractivity contribution in [2.75, 3.05) is 13.1 Å². The molecule has 1 atom stereocenters. The molecule has 100 valence electrons. The summed E-state index contributed by atoms with van der Waals surface area (Å²) in [5.74, 6) is -0.187. The van der Waals surface area contributed by atoms with Crippen molar-refractivity contribution in [3.8, 4) is 0 Å². The number of nitrogens with zero attached hydrogens (tertiary/aromatic N) is 2. The van der Waals surface area contributed by atoms with Crippen LogP contribution in [0.25, 0.3) is 0 Å². The van der Waals surface area contributed by atoms with Crippen molar-refractivity contribution in [3.63, 3.8) is 0 Å². The Labute approximate surface area is 112 Å². The largest absolute Gasteiger partial charge is 0.330 e. The lowest BCUT2D eigenvalue weighted by Gasteiger charge is -2.24. The molecule has 0 saturated carbocycles. The molecule has 1 unspecified atom stereocenters. The van der Waals surface area contributed by atoms with Crippen LogP contribution in [-0.2, 0) is 12.0 Å². The third-order valence-electron chi connectivity index (χ3n) is 3.94. The lowest BCUT2D eigenvalue weighted by Crippen LogP contribution is -2.28. The molecule has 1 fully saturated rings. The van der Waals surface area contributed by atoms with Crippen LogP contribution in [0.4, 0.5) is 4.39 Å². The highest BCUT2D eigenvalue weighted by atomic mass is 19.1. The zero-order valence-electron chi connectivity index (χ0n) is 11.1. The molecule has 4 heteroatoms. The standard InChI is InChI=1S/C15H18FN3/c1-15(5-6-17-10-15)14-8-18-11-19(14)9-12-3-2-4-13(16)7-12/h2-4,7-8,11,17H,5-6,9-10H2,1H3. The van der Waals surface area contributed by atoms with Gasteiger partial charge in [-0.25, -0.2) is 9.37 Å². The molecule has 1 aromatic carbocycles. The zero-order chi connectivity index (χ0) is 13.3. The third-order valence-corrected chi connectivity index (χ3v) is 3.94. The third kappa shape index (κ3) is 2.40. The summed E-state index contributed by atoms with van der Waals surface area (Å²) in [4.78, 5) is 4.27. The van der Waals surface area contributed by atoms with Crippen LogP contribution < -0.4 is 5.32 Å². The molecular weight excluding hydrogens is 241 g/mol. The molecule has 19 heavy (non-hydrogen) atoms. The monoisotopic (exact) mass is 259 g/mol. The minimum atomic E-state index is -0.187. The van der Waals surface area contributed by atoms with Crippen LogP contribution in [0.15, 0.2) is 36.8 Å². The maximum Gasteiger partial charge on any atom is 0.123 e. The molecule has 1 aromatic heterocycles. The van der Waals surface area contributed by atoms with E-state index in [4.69, 9.17) is 0 Å². The van der Waals surface area contributed by atoms with Gasteiger partial charge in [0.05, 0.1) is 6.33 Å². The summed E-state index contributed by atoms with van der Waals surface area (Å²) in [7, 11) is 0. The molecule has 1 N–H and O–H groups in total. The first-order chi connectivity index (χ1) is 9.17. The molecule has 0 bridgehead atoms. The number of halogens is 1. The highest BCUT2D eigenvalue weighted by molar-refractivity contribution is 5.21. The first kappa shape index (κ1) is 12.4. The Hall–Kier alpha value is -1.68. The Bertz CT molecular complexity index is 570. The first-order valence-electron chi connectivity index (χ1n) is 6.63. The van der Waals surface area contributed by atoms with Gasteiger partial charge in [-0.1, -0.05) is 19.1 Å². The quantitative estimate of drug-likeness (QED) is 0.916. The van der Waals surface area contributed by atoms with E-state index >= 15 is 0 Å². The van der Waals surface area contributed by atoms with E-state index in [-0.39, 0.29) is 11.2 Å². The van der Waals surface area contributed by atoms with Crippen molar-refractivity contribution in [1.82, 2.24) is 14.9 Å². The fourth-order valence-electron chi connectivity index (χ4n) is 2.82. The average molecular weight is 259 g/mol. The molecule has 1 aliphatic heterocycles. The number of imidazole rings is 1. The van der Waals surface area contributed by atoms with Gasteiger partial charge in [-0.2, -0.15) is 0 Å². The van der Waals surface area contributed by atoms with Gasteiger partial charge in [0.1, 0.15) is 5.82 Å². The Morgan fingerprint density at radius 1 is 1.47 bits per heavy atom. The number of hydrogen-bond acceptors (Lipinski definition) is 2. The highest BCUT2D eigenvalue weighted by Gasteiger charge is 2.33. The molecule has 1 aliphatic rings. The van der Waals surface area contributed by atoms with Crippen LogP contribution >= 0.6 is 0 Å². The summed E-state index contributed by atoms with van der Waals surface area (Å²) in [5, 5.41) is 3.40. The van der Waals surface area contributed by atoms with E-state index in [0.29, 0.717) is 6.54 Å². The number of rotatable bonds is 3. The molecule has 0 spiro atoms. The van der Waals surface area contributed by atoms with Crippen molar-refractivity contribution in [3.05, 3.63) is 53.9 Å². The molecule has 0 aliphatic carbocycles. The second-order valence-electron chi connectivity index (χ2n) is 5.52. The first-order valence-corrected chi connectivity index (χ1v) is 6.63. The smallest absolute Gasteiger partial charge is 0.123 e. The van der Waals surface area contributed by atoms with E-state index in [0.717, 1.165) is 25.1 Å². The topological polar surface area (TPSA) is 29.9 Å². The minimum Gasteiger partial charge on any atom is -0.330 e. The maximum absolute atomic E-state index is 13.2. The Kier molecular flexibility index (Phi) is 3.11. The van der Waals surface area contributed by atoms with Crippen LogP contribution in [0, 0.1) is 5.82 Å². The summed E-state index contributed by atoms with van der Waals surface area (Å²) in [6.07, 6.45) is 4.89. The molecule has 3 nitrogen and oxygen atoms in total. The SMILES string of the molecule is CC1(c2cncn2Cc2cccc(F)c2)CCNC1. The van der Waals surface area contributed by atoms with Crippen LogP contribution in [0.2, 0.25) is 0 Å². The van der Waals surface area contributed by atoms with Gasteiger partial charge in [0.25, 0.3) is 0 Å². The molecule has 2 heterocycles. The molecular formula is C15H18FN3. The zero-order valence-corrected chi connectivity index (χ0v) is 11.1. The summed E-state index contributed by atoms with van der Waals surface area (Å²) in [6, 6.07) is 6.75. The lowest BCUT2D eigenvalue weighted by molar-refractivity contribution is 0.481. The average Bonchev–Trinajstić information content (AvgIpc) is 2.99. The predicted molar refractivity (Wildman–Crippen MR) is 72.6 cm³/mol. The van der Waals surface area contributed by atoms with Crippen molar-refractivity contribution >= 4 is 0 Å². The normalized spacial score (nSPS) is 22.8. The molecule has 2 aromatic rings. The Morgan fingerprint density at radius 3 is 3.11 bits per heavy atom. The Balaban J connectivity index is 1.88. The van der Waals surface area contributed by atoms with Gasteiger partial charge in [0.2, 0.25) is 0 Å². The van der Waals surface area contributed by atoms with Gasteiger partial charge in [0, 0.05) is 30.4 Å². The summed E-state index contributed by atoms with van der Waals surface area (Å²) >= 11 is 0. The summed E-state index contributed by atoms with van der Waals surface area (Å²) in [6.45, 7) is 4.94. The molecule has 3 rings (SSSR count). The van der Waals surface area contributed by atoms with Crippen LogP contribution in [0.1, 0.15) is 24.6 Å². The van der Waals surface area contributed by atoms with Gasteiger partial charge < -0.3 is 9.88 Å². The number of hydrogen-bond donors (Lipinski definition) is 1. The summed E-state index contributed by atoms with van der Waals surface area (Å²) in [5.41, 5.74) is 2.32. The number of benzene rings is 1. The molecule has 0 amide bonds. The van der Waals surface area contributed by atoms with Gasteiger partial charge in [-0.3, -0.25) is 0 Å². The van der Waals surface area contributed by atoms with E-state index in [1.54, 1.807) is 12.1 Å². The fourth-order valence-corrected chi connectivity index (χ4v) is 2.82. The fraction of sp³-hybridized carbons (Fsp3) is 0.400. The van der Waals surface area contributed by atoms with Crippen molar-refractivity contribution in [1.29, 1.82) is 0 Å². The minimum absolute atomic E-state index is 0.129. The van der Waals surface area contributed by atoms with Crippen molar-refractivity contribution in [2.45, 2.75) is 25.3 Å². The van der Waals surface area contributed by atoms with E-state index in [2.05, 4.69) is 21.8 Å². The maximum atomic E-state index is 13.2. The molecule has 0 radical (unpaired) electrons. The lowest BCUT2D eigenvalue weighted by atomic mass is 9.86. The van der Waals surface area contributed by atoms with E-state index < -0.39 is 0 Å². The van der Waals surface area contributed by atoms with Crippen LogP contribution in [0.3, 0.4) is 0 Å². The number of aromatic nitrogens is 2. The van der Waals surface area contributed by atoms with E-state index in [9.17, 15) is 4.39 Å². The van der Waals surface area contributed by atoms with E-state index in [1.807, 2.05) is 18.6 Å². The predicted octanol–water partition coefficient (Wildman–Crippen LogP) is 2.32. The van der Waals surface area contributed by atoms with Gasteiger partial charge in [0.15, 0.2) is 0 Å². The number of nitrogens with one attached hydrogen (secondary N) is 1. The second kappa shape index (κ2) is 4.78. The van der Waals surface area contributed by atoms with E-state index in [1.165, 1.54) is 11.8 Å². The van der Waals surface area contributed by atoms with Gasteiger partial charge in [-0.05, 0) is 30.7 Å². The highest BCUT2D eigenvalue weighted by Crippen LogP contribution is 2.30.